The third kappa shape index (κ3) is 4.38. The van der Waals surface area contributed by atoms with Crippen molar-refractivity contribution in [2.75, 3.05) is 0 Å². The number of hydrogen-bond donors (Lipinski definition) is 2. The molecule has 0 fully saturated rings. The largest absolute Gasteiger partial charge is 0.478 e. The SMILES string of the molecule is Cc1ccc(C(=O)N/N=C\c2cc(C)n(-c3ccc(Cl)c(C(=O)O)c3)c2C)cc1. The summed E-state index contributed by atoms with van der Waals surface area (Å²) in [5.74, 6) is -1.38. The maximum Gasteiger partial charge on any atom is 0.337 e. The van der Waals surface area contributed by atoms with Crippen LogP contribution in [0.15, 0.2) is 53.6 Å². The van der Waals surface area contributed by atoms with Crippen molar-refractivity contribution >= 4 is 29.7 Å². The van der Waals surface area contributed by atoms with Crippen LogP contribution in [0, 0.1) is 20.8 Å². The zero-order valence-electron chi connectivity index (χ0n) is 16.2. The van der Waals surface area contributed by atoms with Crippen LogP contribution in [0.5, 0.6) is 0 Å². The van der Waals surface area contributed by atoms with E-state index in [1.165, 1.54) is 6.07 Å². The van der Waals surface area contributed by atoms with Gasteiger partial charge >= 0.3 is 5.97 Å². The van der Waals surface area contributed by atoms with Crippen LogP contribution in [-0.4, -0.2) is 27.8 Å². The Bertz CT molecular complexity index is 1120. The highest BCUT2D eigenvalue weighted by molar-refractivity contribution is 6.33. The Kier molecular flexibility index (Phi) is 5.84. The Morgan fingerprint density at radius 1 is 1.07 bits per heavy atom. The summed E-state index contributed by atoms with van der Waals surface area (Å²) in [6.45, 7) is 5.76. The number of hydrogen-bond acceptors (Lipinski definition) is 3. The number of rotatable bonds is 5. The summed E-state index contributed by atoms with van der Waals surface area (Å²) in [7, 11) is 0. The fourth-order valence-electron chi connectivity index (χ4n) is 3.06. The predicted molar refractivity (Wildman–Crippen MR) is 113 cm³/mol. The molecule has 0 atom stereocenters. The van der Waals surface area contributed by atoms with Crippen molar-refractivity contribution in [3.63, 3.8) is 0 Å². The highest BCUT2D eigenvalue weighted by Gasteiger charge is 2.14. The molecule has 3 aromatic rings. The van der Waals surface area contributed by atoms with Crippen LogP contribution in [0.25, 0.3) is 5.69 Å². The van der Waals surface area contributed by atoms with Crippen LogP contribution >= 0.6 is 11.6 Å². The first-order chi connectivity index (χ1) is 13.8. The molecule has 0 saturated carbocycles. The second-order valence-corrected chi connectivity index (χ2v) is 7.10. The van der Waals surface area contributed by atoms with E-state index in [0.717, 1.165) is 22.5 Å². The molecule has 0 unspecified atom stereocenters. The van der Waals surface area contributed by atoms with Crippen LogP contribution in [-0.2, 0) is 0 Å². The van der Waals surface area contributed by atoms with Gasteiger partial charge in [0, 0.05) is 28.2 Å². The first-order valence-corrected chi connectivity index (χ1v) is 9.28. The van der Waals surface area contributed by atoms with Gasteiger partial charge in [-0.2, -0.15) is 5.10 Å². The molecule has 0 aliphatic carbocycles. The Hall–Kier alpha value is -3.38. The standard InChI is InChI=1S/C22H20ClN3O3/c1-13-4-6-16(7-5-13)21(27)25-24-12-17-10-14(2)26(15(17)3)18-8-9-20(23)19(11-18)22(28)29/h4-12H,1-3H3,(H,25,27)(H,28,29)/b24-12-. The van der Waals surface area contributed by atoms with Crippen LogP contribution in [0.2, 0.25) is 5.02 Å². The van der Waals surface area contributed by atoms with Crippen molar-refractivity contribution in [1.29, 1.82) is 0 Å². The predicted octanol–water partition coefficient (Wildman–Crippen LogP) is 4.52. The Labute approximate surface area is 173 Å². The molecule has 6 nitrogen and oxygen atoms in total. The highest BCUT2D eigenvalue weighted by Crippen LogP contribution is 2.24. The van der Waals surface area contributed by atoms with Gasteiger partial charge < -0.3 is 9.67 Å². The minimum atomic E-state index is -1.08. The Balaban J connectivity index is 1.83. The Morgan fingerprint density at radius 2 is 1.76 bits per heavy atom. The monoisotopic (exact) mass is 409 g/mol. The van der Waals surface area contributed by atoms with E-state index in [4.69, 9.17) is 11.6 Å². The molecular weight excluding hydrogens is 390 g/mol. The molecular formula is C22H20ClN3O3. The van der Waals surface area contributed by atoms with E-state index in [1.54, 1.807) is 30.5 Å². The smallest absolute Gasteiger partial charge is 0.337 e. The first kappa shape index (κ1) is 20.4. The summed E-state index contributed by atoms with van der Waals surface area (Å²) in [6, 6.07) is 14.0. The molecule has 0 aliphatic heterocycles. The van der Waals surface area contributed by atoms with Crippen molar-refractivity contribution in [3.05, 3.63) is 87.2 Å². The number of aromatic carboxylic acids is 1. The lowest BCUT2D eigenvalue weighted by molar-refractivity contribution is 0.0696. The number of amides is 1. The van der Waals surface area contributed by atoms with Crippen molar-refractivity contribution < 1.29 is 14.7 Å². The van der Waals surface area contributed by atoms with Gasteiger partial charge in [0.1, 0.15) is 0 Å². The van der Waals surface area contributed by atoms with Gasteiger partial charge in [0.15, 0.2) is 0 Å². The molecule has 1 heterocycles. The number of nitrogens with zero attached hydrogens (tertiary/aromatic N) is 2. The van der Waals surface area contributed by atoms with E-state index < -0.39 is 5.97 Å². The quantitative estimate of drug-likeness (QED) is 0.480. The van der Waals surface area contributed by atoms with Crippen molar-refractivity contribution in [2.24, 2.45) is 5.10 Å². The number of benzene rings is 2. The molecule has 7 heteroatoms. The summed E-state index contributed by atoms with van der Waals surface area (Å²) < 4.78 is 1.91. The zero-order chi connectivity index (χ0) is 21.1. The molecule has 1 amide bonds. The first-order valence-electron chi connectivity index (χ1n) is 8.90. The number of halogens is 1. The number of carboxylic acid groups (broad SMARTS) is 1. The Morgan fingerprint density at radius 3 is 2.41 bits per heavy atom. The van der Waals surface area contributed by atoms with Gasteiger partial charge in [-0.1, -0.05) is 29.3 Å². The summed E-state index contributed by atoms with van der Waals surface area (Å²) in [6.07, 6.45) is 1.57. The van der Waals surface area contributed by atoms with Crippen LogP contribution in [0.4, 0.5) is 0 Å². The van der Waals surface area contributed by atoms with Gasteiger partial charge in [-0.3, -0.25) is 4.79 Å². The van der Waals surface area contributed by atoms with Gasteiger partial charge in [0.25, 0.3) is 5.91 Å². The molecule has 0 spiro atoms. The van der Waals surface area contributed by atoms with Gasteiger partial charge in [0.2, 0.25) is 0 Å². The van der Waals surface area contributed by atoms with Crippen LogP contribution in [0.1, 0.15) is 43.2 Å². The van der Waals surface area contributed by atoms with E-state index in [0.29, 0.717) is 11.3 Å². The second kappa shape index (κ2) is 8.32. The molecule has 2 aromatic carbocycles. The second-order valence-electron chi connectivity index (χ2n) is 6.70. The van der Waals surface area contributed by atoms with Gasteiger partial charge in [0.05, 0.1) is 16.8 Å². The number of aromatic nitrogens is 1. The van der Waals surface area contributed by atoms with E-state index in [9.17, 15) is 14.7 Å². The third-order valence-corrected chi connectivity index (χ3v) is 4.92. The fourth-order valence-corrected chi connectivity index (χ4v) is 3.26. The normalized spacial score (nSPS) is 11.0. The number of carbonyl (C=O) groups is 2. The van der Waals surface area contributed by atoms with Crippen molar-refractivity contribution in [3.8, 4) is 5.69 Å². The number of aryl methyl sites for hydroxylation is 2. The summed E-state index contributed by atoms with van der Waals surface area (Å²) in [5.41, 5.74) is 7.40. The molecule has 1 aromatic heterocycles. The molecule has 0 aliphatic rings. The van der Waals surface area contributed by atoms with E-state index >= 15 is 0 Å². The third-order valence-electron chi connectivity index (χ3n) is 4.59. The van der Waals surface area contributed by atoms with E-state index in [1.807, 2.05) is 43.5 Å². The highest BCUT2D eigenvalue weighted by atomic mass is 35.5. The molecule has 0 bridgehead atoms. The maximum atomic E-state index is 12.2. The number of hydrazone groups is 1. The zero-order valence-corrected chi connectivity index (χ0v) is 17.0. The van der Waals surface area contributed by atoms with Crippen LogP contribution < -0.4 is 5.43 Å². The molecule has 148 valence electrons. The van der Waals surface area contributed by atoms with Crippen LogP contribution in [0.3, 0.4) is 0 Å². The minimum absolute atomic E-state index is 0.0391. The average molecular weight is 410 g/mol. The van der Waals surface area contributed by atoms with Gasteiger partial charge in [-0.15, -0.1) is 0 Å². The van der Waals surface area contributed by atoms with Gasteiger partial charge in [-0.05, 0) is 57.2 Å². The summed E-state index contributed by atoms with van der Waals surface area (Å²) >= 11 is 5.97. The molecule has 2 N–H and O–H groups in total. The van der Waals surface area contributed by atoms with Crippen molar-refractivity contribution in [1.82, 2.24) is 9.99 Å². The summed E-state index contributed by atoms with van der Waals surface area (Å²) in [4.78, 5) is 23.5. The number of carbonyl (C=O) groups excluding carboxylic acids is 1. The summed E-state index contributed by atoms with van der Waals surface area (Å²) in [5, 5.41) is 13.5. The van der Waals surface area contributed by atoms with Crippen molar-refractivity contribution in [2.45, 2.75) is 20.8 Å². The van der Waals surface area contributed by atoms with Gasteiger partial charge in [-0.25, -0.2) is 10.2 Å². The molecule has 29 heavy (non-hydrogen) atoms. The number of carboxylic acids is 1. The molecule has 0 radical (unpaired) electrons. The molecule has 0 saturated heterocycles. The fraction of sp³-hybridized carbons (Fsp3) is 0.136. The lowest BCUT2D eigenvalue weighted by atomic mass is 10.1. The topological polar surface area (TPSA) is 83.7 Å². The maximum absolute atomic E-state index is 12.2. The average Bonchev–Trinajstić information content (AvgIpc) is 2.96. The van der Waals surface area contributed by atoms with E-state index in [-0.39, 0.29) is 16.5 Å². The number of nitrogens with one attached hydrogen (secondary N) is 1. The lowest BCUT2D eigenvalue weighted by Crippen LogP contribution is -2.17. The lowest BCUT2D eigenvalue weighted by Gasteiger charge is -2.11. The minimum Gasteiger partial charge on any atom is -0.478 e. The van der Waals surface area contributed by atoms with E-state index in [2.05, 4.69) is 10.5 Å². The molecule has 3 rings (SSSR count).